The Morgan fingerprint density at radius 2 is 2.10 bits per heavy atom. The quantitative estimate of drug-likeness (QED) is 0.458. The molecule has 0 heterocycles. The number of nitro groups is 1. The van der Waals surface area contributed by atoms with E-state index in [1.54, 1.807) is 6.07 Å². The lowest BCUT2D eigenvalue weighted by Gasteiger charge is -2.14. The second kappa shape index (κ2) is 6.35. The number of ether oxygens (including phenoxy) is 1. The van der Waals surface area contributed by atoms with Gasteiger partial charge in [-0.2, -0.15) is 0 Å². The molecule has 20 heavy (non-hydrogen) atoms. The average Bonchev–Trinajstić information content (AvgIpc) is 2.89. The fourth-order valence-electron chi connectivity index (χ4n) is 2.51. The van der Waals surface area contributed by atoms with Crippen LogP contribution < -0.4 is 4.74 Å². The molecule has 0 unspecified atom stereocenters. The zero-order valence-electron chi connectivity index (χ0n) is 11.2. The van der Waals surface area contributed by atoms with Crippen molar-refractivity contribution in [3.63, 3.8) is 0 Å². The van der Waals surface area contributed by atoms with Crippen LogP contribution >= 0.6 is 15.9 Å². The molecule has 1 aromatic carbocycles. The molecule has 5 nitrogen and oxygen atoms in total. The first-order valence-electron chi connectivity index (χ1n) is 6.60. The second-order valence-electron chi connectivity index (χ2n) is 5.08. The molecular weight excluding hydrogens is 326 g/mol. The highest BCUT2D eigenvalue weighted by atomic mass is 79.9. The molecule has 1 fully saturated rings. The summed E-state index contributed by atoms with van der Waals surface area (Å²) in [6.45, 7) is 1.82. The molecule has 6 heteroatoms. The largest absolute Gasteiger partial charge is 0.486 e. The number of nitrogens with zero attached hydrogens (tertiary/aromatic N) is 1. The molecule has 1 aliphatic carbocycles. The molecule has 108 valence electrons. The minimum absolute atomic E-state index is 0.0950. The maximum Gasteiger partial charge on any atom is 0.312 e. The van der Waals surface area contributed by atoms with Crippen LogP contribution in [0.1, 0.15) is 43.0 Å². The van der Waals surface area contributed by atoms with Gasteiger partial charge in [-0.1, -0.05) is 28.8 Å². The summed E-state index contributed by atoms with van der Waals surface area (Å²) in [7, 11) is 0. The van der Waals surface area contributed by atoms with Crippen LogP contribution in [0.15, 0.2) is 16.6 Å². The number of hydrogen-bond donors (Lipinski definition) is 0. The minimum atomic E-state index is -0.513. The van der Waals surface area contributed by atoms with Gasteiger partial charge < -0.3 is 4.74 Å². The third kappa shape index (κ3) is 3.36. The fourth-order valence-corrected chi connectivity index (χ4v) is 2.95. The number of ketones is 1. The third-order valence-electron chi connectivity index (χ3n) is 3.55. The number of Topliss-reactive ketones (excluding diaryl/α,β-unsaturated/α-hetero) is 1. The van der Waals surface area contributed by atoms with Crippen LogP contribution in [-0.2, 0) is 0 Å². The molecule has 1 aromatic rings. The molecule has 0 N–H and O–H groups in total. The number of nitro benzene ring substituents is 1. The van der Waals surface area contributed by atoms with Gasteiger partial charge in [0.1, 0.15) is 0 Å². The molecule has 1 saturated carbocycles. The molecule has 0 aromatic heterocycles. The zero-order chi connectivity index (χ0) is 14.7. The van der Waals surface area contributed by atoms with Gasteiger partial charge in [-0.05, 0) is 31.7 Å². The Bertz CT molecular complexity index is 503. The average molecular weight is 342 g/mol. The van der Waals surface area contributed by atoms with Gasteiger partial charge in [0.15, 0.2) is 5.78 Å². The second-order valence-corrected chi connectivity index (χ2v) is 5.99. The van der Waals surface area contributed by atoms with E-state index in [-0.39, 0.29) is 22.8 Å². The topological polar surface area (TPSA) is 69.4 Å². The molecule has 0 saturated heterocycles. The van der Waals surface area contributed by atoms with Gasteiger partial charge in [-0.3, -0.25) is 14.9 Å². The zero-order valence-corrected chi connectivity index (χ0v) is 12.8. The SMILES string of the molecule is CC(=O)c1cc(Br)cc([N+](=O)[O-])c1OCC1CCCC1. The van der Waals surface area contributed by atoms with Gasteiger partial charge in [0.05, 0.1) is 17.1 Å². The van der Waals surface area contributed by atoms with Crippen LogP contribution in [-0.4, -0.2) is 17.3 Å². The Labute approximate surface area is 125 Å². The molecule has 0 amide bonds. The van der Waals surface area contributed by atoms with Gasteiger partial charge >= 0.3 is 5.69 Å². The van der Waals surface area contributed by atoms with Crippen LogP contribution in [0.5, 0.6) is 5.75 Å². The highest BCUT2D eigenvalue weighted by Crippen LogP contribution is 2.36. The number of carbonyl (C=O) groups is 1. The normalized spacial score (nSPS) is 15.3. The van der Waals surface area contributed by atoms with Crippen LogP contribution in [0.3, 0.4) is 0 Å². The molecular formula is C14H16BrNO4. The highest BCUT2D eigenvalue weighted by Gasteiger charge is 2.25. The Morgan fingerprint density at radius 3 is 2.65 bits per heavy atom. The van der Waals surface area contributed by atoms with Crippen molar-refractivity contribution in [1.82, 2.24) is 0 Å². The van der Waals surface area contributed by atoms with E-state index in [1.165, 1.54) is 25.8 Å². The lowest BCUT2D eigenvalue weighted by Crippen LogP contribution is -2.11. The molecule has 0 spiro atoms. The van der Waals surface area contributed by atoms with Gasteiger partial charge in [0.2, 0.25) is 5.75 Å². The van der Waals surface area contributed by atoms with Gasteiger partial charge in [0, 0.05) is 10.5 Å². The summed E-state index contributed by atoms with van der Waals surface area (Å²) in [4.78, 5) is 22.3. The van der Waals surface area contributed by atoms with E-state index >= 15 is 0 Å². The molecule has 0 atom stereocenters. The molecule has 0 aliphatic heterocycles. The van der Waals surface area contributed by atoms with Crippen molar-refractivity contribution in [2.45, 2.75) is 32.6 Å². The summed E-state index contributed by atoms with van der Waals surface area (Å²) in [5, 5.41) is 11.1. The summed E-state index contributed by atoms with van der Waals surface area (Å²) in [6, 6.07) is 2.94. The number of rotatable bonds is 5. The minimum Gasteiger partial charge on any atom is -0.486 e. The first-order valence-corrected chi connectivity index (χ1v) is 7.40. The summed E-state index contributed by atoms with van der Waals surface area (Å²) in [5.41, 5.74) is 0.0895. The van der Waals surface area contributed by atoms with E-state index in [2.05, 4.69) is 15.9 Å². The van der Waals surface area contributed by atoms with Gasteiger partial charge in [0.25, 0.3) is 0 Å². The first kappa shape index (κ1) is 15.0. The van der Waals surface area contributed by atoms with Crippen LogP contribution in [0.4, 0.5) is 5.69 Å². The molecule has 0 bridgehead atoms. The van der Waals surface area contributed by atoms with E-state index < -0.39 is 4.92 Å². The summed E-state index contributed by atoms with van der Waals surface area (Å²) in [6.07, 6.45) is 4.52. The van der Waals surface area contributed by atoms with Crippen molar-refractivity contribution in [2.75, 3.05) is 6.61 Å². The summed E-state index contributed by atoms with van der Waals surface area (Å²) in [5.74, 6) is 0.284. The number of halogens is 1. The van der Waals surface area contributed by atoms with E-state index in [9.17, 15) is 14.9 Å². The maximum absolute atomic E-state index is 11.7. The van der Waals surface area contributed by atoms with Crippen molar-refractivity contribution < 1.29 is 14.5 Å². The van der Waals surface area contributed by atoms with Gasteiger partial charge in [-0.25, -0.2) is 0 Å². The Balaban J connectivity index is 2.31. The van der Waals surface area contributed by atoms with Crippen molar-refractivity contribution in [3.8, 4) is 5.75 Å². The smallest absolute Gasteiger partial charge is 0.312 e. The Morgan fingerprint density at radius 1 is 1.45 bits per heavy atom. The Hall–Kier alpha value is -1.43. The van der Waals surface area contributed by atoms with Crippen LogP contribution in [0.2, 0.25) is 0 Å². The van der Waals surface area contributed by atoms with Crippen LogP contribution in [0, 0.1) is 16.0 Å². The fraction of sp³-hybridized carbons (Fsp3) is 0.500. The van der Waals surface area contributed by atoms with Crippen molar-refractivity contribution in [1.29, 1.82) is 0 Å². The van der Waals surface area contributed by atoms with E-state index in [1.807, 2.05) is 0 Å². The first-order chi connectivity index (χ1) is 9.49. The predicted octanol–water partition coefficient (Wildman–Crippen LogP) is 4.13. The van der Waals surface area contributed by atoms with E-state index in [4.69, 9.17) is 4.74 Å². The maximum atomic E-state index is 11.7. The van der Waals surface area contributed by atoms with E-state index in [0.29, 0.717) is 17.0 Å². The number of carbonyl (C=O) groups excluding carboxylic acids is 1. The molecule has 2 rings (SSSR count). The van der Waals surface area contributed by atoms with Gasteiger partial charge in [-0.15, -0.1) is 0 Å². The Kier molecular flexibility index (Phi) is 4.75. The van der Waals surface area contributed by atoms with Crippen molar-refractivity contribution >= 4 is 27.4 Å². The summed E-state index contributed by atoms with van der Waals surface area (Å²) >= 11 is 3.19. The standard InChI is InChI=1S/C14H16BrNO4/c1-9(17)12-6-11(15)7-13(16(18)19)14(12)20-8-10-4-2-3-5-10/h6-7,10H,2-5,8H2,1H3. The third-order valence-corrected chi connectivity index (χ3v) is 4.01. The lowest BCUT2D eigenvalue weighted by molar-refractivity contribution is -0.386. The number of benzene rings is 1. The van der Waals surface area contributed by atoms with Crippen molar-refractivity contribution in [2.24, 2.45) is 5.92 Å². The summed E-state index contributed by atoms with van der Waals surface area (Å²) < 4.78 is 6.15. The number of hydrogen-bond acceptors (Lipinski definition) is 4. The predicted molar refractivity (Wildman–Crippen MR) is 78.3 cm³/mol. The highest BCUT2D eigenvalue weighted by molar-refractivity contribution is 9.10. The molecule has 1 aliphatic rings. The lowest BCUT2D eigenvalue weighted by atomic mass is 10.1. The van der Waals surface area contributed by atoms with E-state index in [0.717, 1.165) is 12.8 Å². The van der Waals surface area contributed by atoms with Crippen LogP contribution in [0.25, 0.3) is 0 Å². The van der Waals surface area contributed by atoms with Crippen molar-refractivity contribution in [3.05, 3.63) is 32.3 Å². The molecule has 0 radical (unpaired) electrons. The monoisotopic (exact) mass is 341 g/mol.